The summed E-state index contributed by atoms with van der Waals surface area (Å²) in [6.07, 6.45) is 10.1. The van der Waals surface area contributed by atoms with Gasteiger partial charge in [-0.25, -0.2) is 9.97 Å². The monoisotopic (exact) mass is 509 g/mol. The summed E-state index contributed by atoms with van der Waals surface area (Å²) in [5, 5.41) is 5.28. The number of ether oxygens (including phenoxy) is 1. The average molecular weight is 510 g/mol. The Kier molecular flexibility index (Phi) is 5.52. The Labute approximate surface area is 218 Å². The zero-order valence-corrected chi connectivity index (χ0v) is 21.5. The van der Waals surface area contributed by atoms with Crippen LogP contribution in [0.5, 0.6) is 0 Å². The van der Waals surface area contributed by atoms with Crippen molar-refractivity contribution in [2.75, 3.05) is 6.61 Å². The second-order valence-electron chi connectivity index (χ2n) is 10.1. The van der Waals surface area contributed by atoms with Crippen molar-refractivity contribution in [3.05, 3.63) is 75.5 Å². The van der Waals surface area contributed by atoms with Gasteiger partial charge in [0.25, 0.3) is 0 Å². The predicted octanol–water partition coefficient (Wildman–Crippen LogP) is 5.85. The molecule has 0 amide bonds. The first kappa shape index (κ1) is 22.6. The van der Waals surface area contributed by atoms with Gasteiger partial charge < -0.3 is 9.72 Å². The summed E-state index contributed by atoms with van der Waals surface area (Å²) in [6.45, 7) is 1.39. The molecule has 0 fully saturated rings. The Balaban J connectivity index is 1.18. The number of rotatable bonds is 5. The minimum atomic E-state index is 0.258. The summed E-state index contributed by atoms with van der Waals surface area (Å²) in [6, 6.07) is 10.8. The van der Waals surface area contributed by atoms with Gasteiger partial charge in [0, 0.05) is 47.5 Å². The highest BCUT2D eigenvalue weighted by atomic mass is 32.1. The minimum absolute atomic E-state index is 0.258. The third kappa shape index (κ3) is 4.10. The van der Waals surface area contributed by atoms with E-state index >= 15 is 0 Å². The van der Waals surface area contributed by atoms with Gasteiger partial charge in [-0.05, 0) is 60.1 Å². The fraction of sp³-hybridized carbons (Fsp3) is 0.310. The number of carbonyl (C=O) groups is 1. The fourth-order valence-corrected chi connectivity index (χ4v) is 6.87. The summed E-state index contributed by atoms with van der Waals surface area (Å²) >= 11 is 1.66. The van der Waals surface area contributed by atoms with Crippen molar-refractivity contribution >= 4 is 28.2 Å². The van der Waals surface area contributed by atoms with E-state index in [4.69, 9.17) is 4.74 Å². The molecule has 4 aromatic heterocycles. The Morgan fingerprint density at radius 2 is 2.11 bits per heavy atom. The van der Waals surface area contributed by atoms with Crippen LogP contribution in [0.15, 0.2) is 49.1 Å². The number of nitrogens with zero attached hydrogens (tertiary/aromatic N) is 4. The lowest BCUT2D eigenvalue weighted by molar-refractivity contribution is 0.0974. The van der Waals surface area contributed by atoms with Gasteiger partial charge in [-0.2, -0.15) is 5.10 Å². The normalized spacial score (nSPS) is 17.1. The van der Waals surface area contributed by atoms with Gasteiger partial charge in [0.1, 0.15) is 12.0 Å². The number of aryl methyl sites for hydroxylation is 2. The molecule has 0 bridgehead atoms. The van der Waals surface area contributed by atoms with Gasteiger partial charge in [0.05, 0.1) is 35.7 Å². The van der Waals surface area contributed by atoms with Crippen LogP contribution in [0, 0.1) is 0 Å². The highest BCUT2D eigenvalue weighted by Gasteiger charge is 2.26. The van der Waals surface area contributed by atoms with E-state index in [1.165, 1.54) is 21.6 Å². The molecule has 186 valence electrons. The van der Waals surface area contributed by atoms with Gasteiger partial charge >= 0.3 is 0 Å². The Bertz CT molecular complexity index is 1620. The average Bonchev–Trinajstić information content (AvgIpc) is 3.66. The van der Waals surface area contributed by atoms with Gasteiger partial charge in [-0.1, -0.05) is 12.1 Å². The van der Waals surface area contributed by atoms with Gasteiger partial charge in [-0.15, -0.1) is 11.3 Å². The van der Waals surface area contributed by atoms with Crippen LogP contribution in [0.4, 0.5) is 0 Å². The van der Waals surface area contributed by atoms with E-state index < -0.39 is 0 Å². The molecule has 1 aromatic carbocycles. The molecule has 2 aliphatic rings. The Hall–Kier alpha value is -3.62. The maximum absolute atomic E-state index is 13.2. The van der Waals surface area contributed by atoms with E-state index in [1.807, 2.05) is 19.4 Å². The SMILES string of the molecule is Cn1cc(-c2cc3c(-c4ccc5c(c4)CCCC5CC(=O)c4cc5c(s4)CCOC5)ncnc3[nH]2)cn1. The molecule has 1 N–H and O–H groups in total. The molecule has 1 aliphatic heterocycles. The van der Waals surface area contributed by atoms with Crippen molar-refractivity contribution in [2.45, 2.75) is 44.6 Å². The minimum Gasteiger partial charge on any atom is -0.376 e. The molecule has 0 radical (unpaired) electrons. The highest BCUT2D eigenvalue weighted by molar-refractivity contribution is 7.14. The van der Waals surface area contributed by atoms with E-state index in [0.717, 1.165) is 70.7 Å². The van der Waals surface area contributed by atoms with Gasteiger partial charge in [-0.3, -0.25) is 9.48 Å². The fourth-order valence-electron chi connectivity index (χ4n) is 5.77. The number of H-pyrrole nitrogens is 1. The smallest absolute Gasteiger partial charge is 0.173 e. The number of hydrogen-bond donors (Lipinski definition) is 1. The molecule has 1 unspecified atom stereocenters. The van der Waals surface area contributed by atoms with Crippen LogP contribution in [0.3, 0.4) is 0 Å². The number of Topliss-reactive ketones (excluding diaryl/α,β-unsaturated/α-hetero) is 1. The number of fused-ring (bicyclic) bond motifs is 3. The number of ketones is 1. The van der Waals surface area contributed by atoms with Crippen molar-refractivity contribution in [2.24, 2.45) is 7.05 Å². The van der Waals surface area contributed by atoms with E-state index in [0.29, 0.717) is 13.0 Å². The first-order chi connectivity index (χ1) is 18.1. The van der Waals surface area contributed by atoms with Crippen molar-refractivity contribution in [3.8, 4) is 22.5 Å². The third-order valence-corrected chi connectivity index (χ3v) is 8.91. The topological polar surface area (TPSA) is 85.7 Å². The summed E-state index contributed by atoms with van der Waals surface area (Å²) in [5.41, 5.74) is 8.64. The van der Waals surface area contributed by atoms with Crippen molar-refractivity contribution in [1.82, 2.24) is 24.7 Å². The van der Waals surface area contributed by atoms with Crippen molar-refractivity contribution in [1.29, 1.82) is 0 Å². The summed E-state index contributed by atoms with van der Waals surface area (Å²) in [5.74, 6) is 0.518. The summed E-state index contributed by atoms with van der Waals surface area (Å²) in [7, 11) is 1.91. The molecule has 1 atom stereocenters. The zero-order valence-electron chi connectivity index (χ0n) is 20.7. The molecule has 37 heavy (non-hydrogen) atoms. The lowest BCUT2D eigenvalue weighted by Crippen LogP contribution is -2.14. The van der Waals surface area contributed by atoms with Crippen LogP contribution in [-0.4, -0.2) is 37.1 Å². The zero-order chi connectivity index (χ0) is 24.9. The molecule has 7 nitrogen and oxygen atoms in total. The van der Waals surface area contributed by atoms with Crippen LogP contribution in [0.25, 0.3) is 33.5 Å². The van der Waals surface area contributed by atoms with Crippen molar-refractivity contribution < 1.29 is 9.53 Å². The number of aromatic nitrogens is 5. The van der Waals surface area contributed by atoms with E-state index in [9.17, 15) is 4.79 Å². The predicted molar refractivity (Wildman–Crippen MR) is 144 cm³/mol. The molecule has 1 aliphatic carbocycles. The van der Waals surface area contributed by atoms with E-state index in [-0.39, 0.29) is 11.7 Å². The van der Waals surface area contributed by atoms with Crippen LogP contribution in [0.1, 0.15) is 56.4 Å². The highest BCUT2D eigenvalue weighted by Crippen LogP contribution is 2.39. The Morgan fingerprint density at radius 3 is 2.97 bits per heavy atom. The largest absolute Gasteiger partial charge is 0.376 e. The lowest BCUT2D eigenvalue weighted by Gasteiger charge is -2.25. The molecule has 7 rings (SSSR count). The van der Waals surface area contributed by atoms with Crippen LogP contribution < -0.4 is 0 Å². The van der Waals surface area contributed by atoms with E-state index in [1.54, 1.807) is 22.3 Å². The molecule has 0 saturated heterocycles. The number of benzene rings is 1. The quantitative estimate of drug-likeness (QED) is 0.300. The summed E-state index contributed by atoms with van der Waals surface area (Å²) in [4.78, 5) is 28.0. The molecular weight excluding hydrogens is 482 g/mol. The Morgan fingerprint density at radius 1 is 1.16 bits per heavy atom. The number of carbonyl (C=O) groups excluding carboxylic acids is 1. The second kappa shape index (κ2) is 9.04. The molecule has 0 saturated carbocycles. The second-order valence-corrected chi connectivity index (χ2v) is 11.2. The number of nitrogens with one attached hydrogen (secondary N) is 1. The van der Waals surface area contributed by atoms with Crippen LogP contribution >= 0.6 is 11.3 Å². The number of aromatic amines is 1. The maximum Gasteiger partial charge on any atom is 0.173 e. The van der Waals surface area contributed by atoms with Crippen LogP contribution in [-0.2, 0) is 31.2 Å². The lowest BCUT2D eigenvalue weighted by atomic mass is 9.79. The van der Waals surface area contributed by atoms with Crippen molar-refractivity contribution in [3.63, 3.8) is 0 Å². The van der Waals surface area contributed by atoms with Gasteiger partial charge in [0.15, 0.2) is 5.78 Å². The van der Waals surface area contributed by atoms with E-state index in [2.05, 4.69) is 50.4 Å². The third-order valence-electron chi connectivity index (χ3n) is 7.63. The molecule has 5 aromatic rings. The molecule has 8 heteroatoms. The molecule has 0 spiro atoms. The standard InChI is InChI=1S/C29H27N5O2S/c1-34-14-21(13-32-34)24-12-23-28(30-16-31-29(23)33-24)19-5-6-22-17(9-19)3-2-4-18(22)10-25(35)27-11-20-15-36-8-7-26(20)37-27/h5-6,9,11-14,16,18H,2-4,7-8,10,15H2,1H3,(H,30,31,33). The molecular formula is C29H27N5O2S. The first-order valence-electron chi connectivity index (χ1n) is 12.8. The summed E-state index contributed by atoms with van der Waals surface area (Å²) < 4.78 is 7.36. The molecule has 5 heterocycles. The van der Waals surface area contributed by atoms with Gasteiger partial charge in [0.2, 0.25) is 0 Å². The maximum atomic E-state index is 13.2. The first-order valence-corrected chi connectivity index (χ1v) is 13.6. The van der Waals surface area contributed by atoms with Crippen LogP contribution in [0.2, 0.25) is 0 Å². The number of thiophene rings is 1. The number of hydrogen-bond acceptors (Lipinski definition) is 6.